The zero-order chi connectivity index (χ0) is 38.3. The van der Waals surface area contributed by atoms with E-state index < -0.39 is 0 Å². The summed E-state index contributed by atoms with van der Waals surface area (Å²) >= 11 is 0. The smallest absolute Gasteiger partial charge is 0.252 e. The summed E-state index contributed by atoms with van der Waals surface area (Å²) in [5, 5.41) is 15.8. The summed E-state index contributed by atoms with van der Waals surface area (Å²) in [4.78, 5) is 43.3. The Balaban J connectivity index is 0.000000169. The number of methoxy groups -OCH3 is 1. The van der Waals surface area contributed by atoms with Crippen molar-refractivity contribution in [2.24, 2.45) is 0 Å². The molecule has 4 aromatic carbocycles. The van der Waals surface area contributed by atoms with Crippen LogP contribution in [0.3, 0.4) is 0 Å². The van der Waals surface area contributed by atoms with Crippen molar-refractivity contribution in [1.82, 2.24) is 40.2 Å². The number of benzene rings is 4. The molecule has 14 heteroatoms. The number of nitrogens with one attached hydrogen (secondary N) is 3. The Hall–Kier alpha value is -7.48. The Morgan fingerprint density at radius 1 is 0.691 bits per heavy atom. The fourth-order valence-corrected chi connectivity index (χ4v) is 5.90. The van der Waals surface area contributed by atoms with Gasteiger partial charge in [-0.15, -0.1) is 0 Å². The Morgan fingerprint density at radius 2 is 1.20 bits per heavy atom. The van der Waals surface area contributed by atoms with Gasteiger partial charge in [-0.05, 0) is 96.1 Å². The van der Waals surface area contributed by atoms with Crippen LogP contribution in [-0.4, -0.2) is 48.5 Å². The zero-order valence-corrected chi connectivity index (χ0v) is 29.2. The highest BCUT2D eigenvalue weighted by atomic mass is 19.1. The van der Waals surface area contributed by atoms with Crippen molar-refractivity contribution in [2.45, 2.75) is 13.1 Å². The lowest BCUT2D eigenvalue weighted by atomic mass is 10.1. The molecule has 0 fully saturated rings. The molecule has 8 rings (SSSR count). The van der Waals surface area contributed by atoms with E-state index in [-0.39, 0.29) is 35.6 Å². The molecule has 0 bridgehead atoms. The van der Waals surface area contributed by atoms with Gasteiger partial charge < -0.3 is 20.4 Å². The summed E-state index contributed by atoms with van der Waals surface area (Å²) in [6, 6.07) is 29.5. The molecule has 8 aromatic rings. The second kappa shape index (κ2) is 16.0. The van der Waals surface area contributed by atoms with Gasteiger partial charge in [0.1, 0.15) is 11.6 Å². The lowest BCUT2D eigenvalue weighted by Crippen LogP contribution is -2.23. The van der Waals surface area contributed by atoms with Crippen LogP contribution in [0, 0.1) is 11.6 Å². The molecule has 274 valence electrons. The molecule has 0 saturated heterocycles. The largest absolute Gasteiger partial charge is 0.481 e. The minimum Gasteiger partial charge on any atom is -0.481 e. The lowest BCUT2D eigenvalue weighted by Gasteiger charge is -2.08. The number of amides is 2. The second-order valence-electron chi connectivity index (χ2n) is 12.2. The number of rotatable bonds is 9. The third-order valence-electron chi connectivity index (χ3n) is 8.61. The number of hydrogen-bond acceptors (Lipinski definition) is 7. The van der Waals surface area contributed by atoms with Crippen molar-refractivity contribution < 1.29 is 23.1 Å². The van der Waals surface area contributed by atoms with Gasteiger partial charge in [0.2, 0.25) is 11.4 Å². The highest BCUT2D eigenvalue weighted by Crippen LogP contribution is 2.24. The van der Waals surface area contributed by atoms with E-state index in [9.17, 15) is 23.2 Å². The summed E-state index contributed by atoms with van der Waals surface area (Å²) < 4.78 is 34.8. The van der Waals surface area contributed by atoms with E-state index in [4.69, 9.17) is 4.74 Å². The molecule has 0 atom stereocenters. The third kappa shape index (κ3) is 8.13. The molecule has 0 aliphatic rings. The van der Waals surface area contributed by atoms with Crippen LogP contribution in [0.2, 0.25) is 0 Å². The standard InChI is InChI=1S/C21H17FN4O2.C20H15FN4O2/c1-28-20-11-14(9-10-23-20)12-24-21(27)17-3-2-4-19-18(17)13-25-26(19)16-7-5-15(22)6-8-16;21-14-4-6-15(7-5-14)25-18-3-1-2-16(17(18)12-24-25)20(27)23-11-13-8-9-22-19(26)10-13/h2-11,13H,12H2,1H3,(H,24,27);1-10,12H,11H2,(H,22,26)(H,23,27). The maximum Gasteiger partial charge on any atom is 0.252 e. The van der Waals surface area contributed by atoms with E-state index in [0.29, 0.717) is 40.2 Å². The van der Waals surface area contributed by atoms with Gasteiger partial charge in [-0.25, -0.2) is 23.1 Å². The Bertz CT molecular complexity index is 2690. The van der Waals surface area contributed by atoms with Gasteiger partial charge in [-0.1, -0.05) is 12.1 Å². The van der Waals surface area contributed by atoms with Crippen LogP contribution in [-0.2, 0) is 13.1 Å². The number of halogens is 2. The summed E-state index contributed by atoms with van der Waals surface area (Å²) in [6.07, 6.45) is 6.43. The first-order chi connectivity index (χ1) is 26.8. The van der Waals surface area contributed by atoms with Crippen LogP contribution in [0.5, 0.6) is 5.88 Å². The Labute approximate surface area is 312 Å². The summed E-state index contributed by atoms with van der Waals surface area (Å²) in [5.41, 5.74) is 5.30. The zero-order valence-electron chi connectivity index (χ0n) is 29.2. The number of carbonyl (C=O) groups is 2. The minimum absolute atomic E-state index is 0.208. The quantitative estimate of drug-likeness (QED) is 0.158. The number of aromatic nitrogens is 6. The molecule has 0 unspecified atom stereocenters. The van der Waals surface area contributed by atoms with Gasteiger partial charge >= 0.3 is 0 Å². The van der Waals surface area contributed by atoms with Gasteiger partial charge in [0.25, 0.3) is 11.8 Å². The molecule has 0 spiro atoms. The molecule has 4 aromatic heterocycles. The van der Waals surface area contributed by atoms with Gasteiger partial charge in [-0.2, -0.15) is 10.2 Å². The highest BCUT2D eigenvalue weighted by molar-refractivity contribution is 6.07. The summed E-state index contributed by atoms with van der Waals surface area (Å²) in [7, 11) is 1.55. The number of H-pyrrole nitrogens is 1. The van der Waals surface area contributed by atoms with Gasteiger partial charge in [0, 0.05) is 48.4 Å². The van der Waals surface area contributed by atoms with Crippen LogP contribution in [0.15, 0.2) is 139 Å². The fourth-order valence-electron chi connectivity index (χ4n) is 5.90. The molecular formula is C41H32F2N8O4. The molecule has 12 nitrogen and oxygen atoms in total. The van der Waals surface area contributed by atoms with Crippen molar-refractivity contribution >= 4 is 33.6 Å². The number of carbonyl (C=O) groups excluding carboxylic acids is 2. The first-order valence-electron chi connectivity index (χ1n) is 17.0. The van der Waals surface area contributed by atoms with Crippen molar-refractivity contribution in [3.8, 4) is 17.3 Å². The maximum absolute atomic E-state index is 13.2. The van der Waals surface area contributed by atoms with Crippen molar-refractivity contribution in [3.05, 3.63) is 178 Å². The van der Waals surface area contributed by atoms with Crippen LogP contribution >= 0.6 is 0 Å². The second-order valence-corrected chi connectivity index (χ2v) is 12.2. The maximum atomic E-state index is 13.2. The molecule has 3 N–H and O–H groups in total. The van der Waals surface area contributed by atoms with E-state index in [1.165, 1.54) is 36.5 Å². The normalized spacial score (nSPS) is 10.8. The number of hydrogen-bond donors (Lipinski definition) is 3. The van der Waals surface area contributed by atoms with Crippen LogP contribution in [0.4, 0.5) is 8.78 Å². The van der Waals surface area contributed by atoms with Crippen LogP contribution < -0.4 is 20.9 Å². The minimum atomic E-state index is -0.324. The number of fused-ring (bicyclic) bond motifs is 2. The van der Waals surface area contributed by atoms with E-state index in [1.807, 2.05) is 18.2 Å². The average molecular weight is 739 g/mol. The number of aromatic amines is 1. The summed E-state index contributed by atoms with van der Waals surface area (Å²) in [5.74, 6) is -0.614. The Morgan fingerprint density at radius 3 is 1.69 bits per heavy atom. The Kier molecular flexibility index (Phi) is 10.5. The van der Waals surface area contributed by atoms with Crippen molar-refractivity contribution in [3.63, 3.8) is 0 Å². The predicted octanol–water partition coefficient (Wildman–Crippen LogP) is 6.28. The van der Waals surface area contributed by atoms with Gasteiger partial charge in [0.15, 0.2) is 0 Å². The SMILES string of the molecule is COc1cc(CNC(=O)c2cccc3c2cnn3-c2ccc(F)cc2)ccn1.O=C(NCc1cc[nH]c(=O)c1)c1cccc2c1cnn2-c1ccc(F)cc1. The number of ether oxygens (including phenoxy) is 1. The molecule has 2 amide bonds. The fraction of sp³-hybridized carbons (Fsp3) is 0.0732. The van der Waals surface area contributed by atoms with E-state index >= 15 is 0 Å². The van der Waals surface area contributed by atoms with Gasteiger partial charge in [0.05, 0.1) is 53.0 Å². The summed E-state index contributed by atoms with van der Waals surface area (Å²) in [6.45, 7) is 0.589. The molecular weight excluding hydrogens is 706 g/mol. The third-order valence-corrected chi connectivity index (χ3v) is 8.61. The molecule has 0 aliphatic carbocycles. The number of nitrogens with zero attached hydrogens (tertiary/aromatic N) is 5. The molecule has 0 saturated carbocycles. The van der Waals surface area contributed by atoms with Crippen molar-refractivity contribution in [2.75, 3.05) is 7.11 Å². The van der Waals surface area contributed by atoms with Crippen LogP contribution in [0.1, 0.15) is 31.8 Å². The van der Waals surface area contributed by atoms with E-state index in [2.05, 4.69) is 30.8 Å². The molecule has 0 aliphatic heterocycles. The first-order valence-corrected chi connectivity index (χ1v) is 17.0. The monoisotopic (exact) mass is 738 g/mol. The number of pyridine rings is 2. The average Bonchev–Trinajstić information content (AvgIpc) is 3.85. The van der Waals surface area contributed by atoms with E-state index in [1.54, 1.807) is 95.7 Å². The molecule has 4 heterocycles. The van der Waals surface area contributed by atoms with Crippen molar-refractivity contribution in [1.29, 1.82) is 0 Å². The highest BCUT2D eigenvalue weighted by Gasteiger charge is 2.16. The van der Waals surface area contributed by atoms with E-state index in [0.717, 1.165) is 27.7 Å². The van der Waals surface area contributed by atoms with Gasteiger partial charge in [-0.3, -0.25) is 14.4 Å². The predicted molar refractivity (Wildman–Crippen MR) is 202 cm³/mol. The topological polar surface area (TPSA) is 149 Å². The lowest BCUT2D eigenvalue weighted by molar-refractivity contribution is 0.0944. The first kappa shape index (κ1) is 35.9. The molecule has 0 radical (unpaired) electrons. The molecule has 55 heavy (non-hydrogen) atoms. The van der Waals surface area contributed by atoms with Crippen LogP contribution in [0.25, 0.3) is 33.2 Å².